The first-order valence-corrected chi connectivity index (χ1v) is 2.59. The van der Waals surface area contributed by atoms with E-state index in [4.69, 9.17) is 0 Å². The van der Waals surface area contributed by atoms with Gasteiger partial charge in [-0.1, -0.05) is 6.92 Å². The SMILES string of the molecule is CCN[CH]NC(C)=O. The number of hydrogen-bond donors (Lipinski definition) is 2. The molecule has 3 nitrogen and oxygen atoms in total. The summed E-state index contributed by atoms with van der Waals surface area (Å²) in [5.41, 5.74) is 0. The van der Waals surface area contributed by atoms with Gasteiger partial charge >= 0.3 is 0 Å². The third-order valence-electron chi connectivity index (χ3n) is 0.582. The van der Waals surface area contributed by atoms with E-state index in [9.17, 15) is 4.79 Å². The van der Waals surface area contributed by atoms with Gasteiger partial charge in [0.15, 0.2) is 0 Å². The van der Waals surface area contributed by atoms with Gasteiger partial charge in [0.25, 0.3) is 0 Å². The van der Waals surface area contributed by atoms with E-state index in [0.29, 0.717) is 0 Å². The van der Waals surface area contributed by atoms with Gasteiger partial charge in [-0.3, -0.25) is 10.1 Å². The third-order valence-corrected chi connectivity index (χ3v) is 0.582. The Hall–Kier alpha value is -0.570. The zero-order valence-corrected chi connectivity index (χ0v) is 5.19. The Morgan fingerprint density at radius 1 is 1.75 bits per heavy atom. The van der Waals surface area contributed by atoms with Crippen molar-refractivity contribution in [1.82, 2.24) is 10.6 Å². The number of amides is 1. The Labute approximate surface area is 49.5 Å². The van der Waals surface area contributed by atoms with E-state index in [0.717, 1.165) is 6.54 Å². The summed E-state index contributed by atoms with van der Waals surface area (Å²) in [5, 5.41) is 5.29. The predicted molar refractivity (Wildman–Crippen MR) is 31.8 cm³/mol. The smallest absolute Gasteiger partial charge is 0.218 e. The Kier molecular flexibility index (Phi) is 4.26. The summed E-state index contributed by atoms with van der Waals surface area (Å²) < 4.78 is 0. The average Bonchev–Trinajstić information content (AvgIpc) is 1.66. The molecule has 3 heteroatoms. The molecule has 0 unspecified atom stereocenters. The van der Waals surface area contributed by atoms with Crippen molar-refractivity contribution >= 4 is 5.91 Å². The van der Waals surface area contributed by atoms with Crippen molar-refractivity contribution in [3.63, 3.8) is 0 Å². The average molecular weight is 115 g/mol. The summed E-state index contributed by atoms with van der Waals surface area (Å²) in [7, 11) is 0. The van der Waals surface area contributed by atoms with Crippen LogP contribution in [0.15, 0.2) is 0 Å². The van der Waals surface area contributed by atoms with Crippen LogP contribution in [0.1, 0.15) is 13.8 Å². The Bertz CT molecular complexity index is 72.8. The molecule has 0 spiro atoms. The lowest BCUT2D eigenvalue weighted by Crippen LogP contribution is -2.25. The van der Waals surface area contributed by atoms with E-state index in [-0.39, 0.29) is 5.91 Å². The lowest BCUT2D eigenvalue weighted by atomic mass is 10.7. The molecular formula is C5H11N2O. The number of nitrogens with one attached hydrogen (secondary N) is 2. The number of carbonyl (C=O) groups excluding carboxylic acids is 1. The van der Waals surface area contributed by atoms with Crippen LogP contribution in [0.25, 0.3) is 0 Å². The highest BCUT2D eigenvalue weighted by Gasteiger charge is 1.85. The molecule has 0 rings (SSSR count). The zero-order chi connectivity index (χ0) is 6.41. The van der Waals surface area contributed by atoms with Crippen molar-refractivity contribution in [2.75, 3.05) is 6.54 Å². The molecule has 0 saturated carbocycles. The molecule has 0 aliphatic rings. The molecule has 0 aromatic carbocycles. The Morgan fingerprint density at radius 2 is 2.38 bits per heavy atom. The van der Waals surface area contributed by atoms with E-state index in [1.807, 2.05) is 6.92 Å². The topological polar surface area (TPSA) is 41.1 Å². The molecule has 0 aliphatic heterocycles. The monoisotopic (exact) mass is 115 g/mol. The molecule has 0 saturated heterocycles. The minimum atomic E-state index is -0.0500. The van der Waals surface area contributed by atoms with Crippen molar-refractivity contribution in [1.29, 1.82) is 0 Å². The van der Waals surface area contributed by atoms with Crippen LogP contribution in [0.2, 0.25) is 0 Å². The first kappa shape index (κ1) is 7.43. The maximum absolute atomic E-state index is 10.1. The number of rotatable bonds is 3. The van der Waals surface area contributed by atoms with Crippen molar-refractivity contribution in [3.8, 4) is 0 Å². The van der Waals surface area contributed by atoms with Crippen LogP contribution in [0.4, 0.5) is 0 Å². The first-order valence-electron chi connectivity index (χ1n) is 2.59. The summed E-state index contributed by atoms with van der Waals surface area (Å²) in [6.45, 7) is 5.79. The second-order valence-corrected chi connectivity index (χ2v) is 1.40. The van der Waals surface area contributed by atoms with Gasteiger partial charge in [-0.25, -0.2) is 0 Å². The normalized spacial score (nSPS) is 8.75. The minimum absolute atomic E-state index is 0.0500. The second kappa shape index (κ2) is 4.59. The van der Waals surface area contributed by atoms with Gasteiger partial charge in [0.05, 0.1) is 0 Å². The molecule has 0 aliphatic carbocycles. The molecule has 2 N–H and O–H groups in total. The summed E-state index contributed by atoms with van der Waals surface area (Å²) in [4.78, 5) is 10.1. The van der Waals surface area contributed by atoms with Gasteiger partial charge in [-0.2, -0.15) is 0 Å². The van der Waals surface area contributed by atoms with Crippen molar-refractivity contribution in [2.45, 2.75) is 13.8 Å². The van der Waals surface area contributed by atoms with Crippen LogP contribution in [-0.4, -0.2) is 12.5 Å². The quantitative estimate of drug-likeness (QED) is 0.502. The zero-order valence-electron chi connectivity index (χ0n) is 5.19. The fourth-order valence-corrected chi connectivity index (χ4v) is 0.255. The van der Waals surface area contributed by atoms with Gasteiger partial charge < -0.3 is 5.32 Å². The predicted octanol–water partition coefficient (Wildman–Crippen LogP) is -0.149. The van der Waals surface area contributed by atoms with Crippen molar-refractivity contribution in [2.24, 2.45) is 0 Å². The van der Waals surface area contributed by atoms with E-state index in [2.05, 4.69) is 10.6 Å². The van der Waals surface area contributed by atoms with Gasteiger partial charge in [0, 0.05) is 6.92 Å². The summed E-state index contributed by atoms with van der Waals surface area (Å²) in [5.74, 6) is -0.0500. The van der Waals surface area contributed by atoms with E-state index in [1.54, 1.807) is 0 Å². The fourth-order valence-electron chi connectivity index (χ4n) is 0.255. The molecule has 0 atom stereocenters. The van der Waals surface area contributed by atoms with Crippen LogP contribution >= 0.6 is 0 Å². The van der Waals surface area contributed by atoms with E-state index in [1.165, 1.54) is 13.6 Å². The standard InChI is InChI=1S/C5H11N2O/c1-3-6-4-7-5(2)8/h4,6H,3H2,1-2H3,(H,7,8). The maximum atomic E-state index is 10.1. The molecule has 0 aromatic rings. The highest BCUT2D eigenvalue weighted by atomic mass is 16.1. The number of hydrogen-bond acceptors (Lipinski definition) is 2. The van der Waals surface area contributed by atoms with Crippen molar-refractivity contribution in [3.05, 3.63) is 6.67 Å². The lowest BCUT2D eigenvalue weighted by Gasteiger charge is -1.98. The van der Waals surface area contributed by atoms with Gasteiger partial charge in [0.2, 0.25) is 5.91 Å². The van der Waals surface area contributed by atoms with Gasteiger partial charge in [-0.05, 0) is 6.54 Å². The first-order chi connectivity index (χ1) is 3.77. The molecule has 0 fully saturated rings. The molecule has 0 heterocycles. The van der Waals surface area contributed by atoms with E-state index < -0.39 is 0 Å². The highest BCUT2D eigenvalue weighted by Crippen LogP contribution is 1.61. The Balaban J connectivity index is 2.82. The van der Waals surface area contributed by atoms with Crippen LogP contribution < -0.4 is 10.6 Å². The molecule has 8 heavy (non-hydrogen) atoms. The van der Waals surface area contributed by atoms with Crippen LogP contribution in [0.3, 0.4) is 0 Å². The maximum Gasteiger partial charge on any atom is 0.218 e. The second-order valence-electron chi connectivity index (χ2n) is 1.40. The molecule has 1 radical (unpaired) electrons. The van der Waals surface area contributed by atoms with Gasteiger partial charge in [-0.15, -0.1) is 0 Å². The Morgan fingerprint density at radius 3 is 2.75 bits per heavy atom. The molecule has 0 aromatic heterocycles. The molecule has 0 bridgehead atoms. The summed E-state index contributed by atoms with van der Waals surface area (Å²) in [6, 6.07) is 0. The largest absolute Gasteiger partial charge is 0.338 e. The summed E-state index contributed by atoms with van der Waals surface area (Å²) >= 11 is 0. The molecule has 1 amide bonds. The minimum Gasteiger partial charge on any atom is -0.338 e. The fraction of sp³-hybridized carbons (Fsp3) is 0.600. The van der Waals surface area contributed by atoms with Crippen LogP contribution in [-0.2, 0) is 4.79 Å². The highest BCUT2D eigenvalue weighted by molar-refractivity contribution is 5.73. The molecular weight excluding hydrogens is 104 g/mol. The van der Waals surface area contributed by atoms with Gasteiger partial charge in [0.1, 0.15) is 6.67 Å². The third kappa shape index (κ3) is 5.43. The lowest BCUT2D eigenvalue weighted by molar-refractivity contribution is -0.118. The number of carbonyl (C=O) groups is 1. The summed E-state index contributed by atoms with van der Waals surface area (Å²) in [6.07, 6.45) is 0. The van der Waals surface area contributed by atoms with Crippen molar-refractivity contribution < 1.29 is 4.79 Å². The van der Waals surface area contributed by atoms with Crippen LogP contribution in [0.5, 0.6) is 0 Å². The van der Waals surface area contributed by atoms with Crippen LogP contribution in [0, 0.1) is 6.67 Å². The molecule has 47 valence electrons. The van der Waals surface area contributed by atoms with E-state index >= 15 is 0 Å².